The van der Waals surface area contributed by atoms with Crippen LogP contribution in [0.2, 0.25) is 0 Å². The molecule has 3 aromatic rings. The summed E-state index contributed by atoms with van der Waals surface area (Å²) in [5.41, 5.74) is 1.83. The Labute approximate surface area is 159 Å². The van der Waals surface area contributed by atoms with Crippen molar-refractivity contribution in [1.29, 1.82) is 0 Å². The van der Waals surface area contributed by atoms with Crippen molar-refractivity contribution >= 4 is 16.9 Å². The number of carbonyl (C=O) groups is 1. The van der Waals surface area contributed by atoms with Crippen LogP contribution >= 0.6 is 0 Å². The van der Waals surface area contributed by atoms with Gasteiger partial charge in [0.25, 0.3) is 0 Å². The Morgan fingerprint density at radius 3 is 2.41 bits per heavy atom. The quantitative estimate of drug-likeness (QED) is 0.609. The lowest BCUT2D eigenvalue weighted by Crippen LogP contribution is -2.05. The Kier molecular flexibility index (Phi) is 7.25. The fourth-order valence-electron chi connectivity index (χ4n) is 2.49. The van der Waals surface area contributed by atoms with Crippen LogP contribution in [0, 0.1) is 0 Å². The number of fused-ring (bicyclic) bond motifs is 1. The highest BCUT2D eigenvalue weighted by Crippen LogP contribution is 2.33. The second-order valence-electron chi connectivity index (χ2n) is 6.31. The standard InChI is InChI=1S/C19H19NO4.C2H7N/c1-12(2)24-14-8-16-15(10-17(20-16)19(21)22)18(9-14)23-11-13-6-4-3-5-7-13;1-3-2/h3-10,12,20H,11H2,1-2H3,(H,21,22);3H,1-2H3. The molecule has 1 heterocycles. The van der Waals surface area contributed by atoms with Gasteiger partial charge in [-0.3, -0.25) is 0 Å². The number of carboxylic acid groups (broad SMARTS) is 1. The third kappa shape index (κ3) is 5.76. The Morgan fingerprint density at radius 2 is 1.81 bits per heavy atom. The number of nitrogens with one attached hydrogen (secondary N) is 2. The SMILES string of the molecule is CC(C)Oc1cc(OCc2ccccc2)c2cc(C(=O)O)[nH]c2c1.CNC. The van der Waals surface area contributed by atoms with Gasteiger partial charge in [-0.25, -0.2) is 4.79 Å². The molecule has 144 valence electrons. The number of benzene rings is 2. The van der Waals surface area contributed by atoms with E-state index in [1.807, 2.05) is 58.3 Å². The normalized spacial score (nSPS) is 10.4. The van der Waals surface area contributed by atoms with E-state index in [9.17, 15) is 9.90 Å². The highest BCUT2D eigenvalue weighted by atomic mass is 16.5. The molecule has 0 atom stereocenters. The Hall–Kier alpha value is -2.99. The van der Waals surface area contributed by atoms with Gasteiger partial charge in [0.05, 0.1) is 11.6 Å². The van der Waals surface area contributed by atoms with Gasteiger partial charge in [0, 0.05) is 17.5 Å². The van der Waals surface area contributed by atoms with Crippen LogP contribution in [0.1, 0.15) is 29.9 Å². The summed E-state index contributed by atoms with van der Waals surface area (Å²) in [7, 11) is 3.75. The highest BCUT2D eigenvalue weighted by Gasteiger charge is 2.14. The van der Waals surface area contributed by atoms with Crippen molar-refractivity contribution in [3.8, 4) is 11.5 Å². The molecule has 3 N–H and O–H groups in total. The number of hydrogen-bond acceptors (Lipinski definition) is 4. The van der Waals surface area contributed by atoms with E-state index in [1.54, 1.807) is 18.2 Å². The molecule has 6 heteroatoms. The summed E-state index contributed by atoms with van der Waals surface area (Å²) in [6, 6.07) is 15.0. The molecule has 0 amide bonds. The van der Waals surface area contributed by atoms with Gasteiger partial charge in [-0.05, 0) is 39.6 Å². The van der Waals surface area contributed by atoms with E-state index in [0.29, 0.717) is 23.6 Å². The smallest absolute Gasteiger partial charge is 0.352 e. The monoisotopic (exact) mass is 370 g/mol. The molecule has 0 bridgehead atoms. The van der Waals surface area contributed by atoms with Gasteiger partial charge in [-0.1, -0.05) is 30.3 Å². The fraction of sp³-hybridized carbons (Fsp3) is 0.286. The number of ether oxygens (including phenoxy) is 2. The van der Waals surface area contributed by atoms with Crippen molar-refractivity contribution in [3.63, 3.8) is 0 Å². The number of carboxylic acids is 1. The minimum absolute atomic E-state index is 0.0123. The molecule has 0 radical (unpaired) electrons. The lowest BCUT2D eigenvalue weighted by atomic mass is 10.2. The molecule has 2 aromatic carbocycles. The number of aromatic nitrogens is 1. The first-order valence-electron chi connectivity index (χ1n) is 8.76. The number of hydrogen-bond donors (Lipinski definition) is 3. The molecule has 0 spiro atoms. The maximum Gasteiger partial charge on any atom is 0.352 e. The number of aromatic amines is 1. The topological polar surface area (TPSA) is 83.6 Å². The predicted molar refractivity (Wildman–Crippen MR) is 107 cm³/mol. The zero-order valence-electron chi connectivity index (χ0n) is 16.1. The van der Waals surface area contributed by atoms with Crippen LogP contribution in [-0.2, 0) is 6.61 Å². The van der Waals surface area contributed by atoms with Crippen LogP contribution in [-0.4, -0.2) is 36.3 Å². The molecule has 27 heavy (non-hydrogen) atoms. The van der Waals surface area contributed by atoms with Gasteiger partial charge in [-0.15, -0.1) is 0 Å². The van der Waals surface area contributed by atoms with Gasteiger partial charge >= 0.3 is 5.97 Å². The van der Waals surface area contributed by atoms with Crippen molar-refractivity contribution in [2.45, 2.75) is 26.6 Å². The van der Waals surface area contributed by atoms with E-state index < -0.39 is 5.97 Å². The van der Waals surface area contributed by atoms with Crippen molar-refractivity contribution in [3.05, 3.63) is 59.8 Å². The van der Waals surface area contributed by atoms with Crippen LogP contribution in [0.5, 0.6) is 11.5 Å². The van der Waals surface area contributed by atoms with Gasteiger partial charge in [0.2, 0.25) is 0 Å². The molecule has 6 nitrogen and oxygen atoms in total. The molecular formula is C21H26N2O4. The summed E-state index contributed by atoms with van der Waals surface area (Å²) in [5.74, 6) is 0.224. The molecule has 0 aliphatic carbocycles. The van der Waals surface area contributed by atoms with Crippen LogP contribution in [0.25, 0.3) is 10.9 Å². The molecule has 0 aliphatic heterocycles. The van der Waals surface area contributed by atoms with E-state index in [-0.39, 0.29) is 11.8 Å². The van der Waals surface area contributed by atoms with Gasteiger partial charge in [0.15, 0.2) is 0 Å². The summed E-state index contributed by atoms with van der Waals surface area (Å²) in [6.45, 7) is 4.27. The Morgan fingerprint density at radius 1 is 1.15 bits per heavy atom. The minimum atomic E-state index is -1.01. The summed E-state index contributed by atoms with van der Waals surface area (Å²) in [6.07, 6.45) is 0.0123. The summed E-state index contributed by atoms with van der Waals surface area (Å²) < 4.78 is 11.7. The average Bonchev–Trinajstić information content (AvgIpc) is 3.05. The zero-order valence-corrected chi connectivity index (χ0v) is 16.1. The number of rotatable bonds is 6. The average molecular weight is 370 g/mol. The third-order valence-electron chi connectivity index (χ3n) is 3.51. The summed E-state index contributed by atoms with van der Waals surface area (Å²) in [4.78, 5) is 14.1. The largest absolute Gasteiger partial charge is 0.491 e. The molecule has 0 fully saturated rings. The summed E-state index contributed by atoms with van der Waals surface area (Å²) in [5, 5.41) is 12.7. The first-order valence-corrected chi connectivity index (χ1v) is 8.76. The highest BCUT2D eigenvalue weighted by molar-refractivity contribution is 5.96. The second kappa shape index (κ2) is 9.64. The van der Waals surface area contributed by atoms with Crippen molar-refractivity contribution in [1.82, 2.24) is 10.3 Å². The third-order valence-corrected chi connectivity index (χ3v) is 3.51. The van der Waals surface area contributed by atoms with Crippen LogP contribution in [0.4, 0.5) is 0 Å². The molecule has 0 aliphatic rings. The lowest BCUT2D eigenvalue weighted by Gasteiger charge is -2.13. The molecule has 1 aromatic heterocycles. The molecule has 0 saturated heterocycles. The van der Waals surface area contributed by atoms with E-state index in [1.165, 1.54) is 0 Å². The van der Waals surface area contributed by atoms with Crippen molar-refractivity contribution in [2.24, 2.45) is 0 Å². The second-order valence-corrected chi connectivity index (χ2v) is 6.31. The number of aromatic carboxylic acids is 1. The van der Waals surface area contributed by atoms with Gasteiger partial charge < -0.3 is 24.9 Å². The van der Waals surface area contributed by atoms with E-state index in [0.717, 1.165) is 10.9 Å². The fourth-order valence-corrected chi connectivity index (χ4v) is 2.49. The van der Waals surface area contributed by atoms with E-state index in [4.69, 9.17) is 9.47 Å². The first-order chi connectivity index (χ1) is 12.9. The van der Waals surface area contributed by atoms with Crippen LogP contribution in [0.3, 0.4) is 0 Å². The molecule has 0 unspecified atom stereocenters. The molecule has 0 saturated carbocycles. The Bertz CT molecular complexity index is 873. The number of H-pyrrole nitrogens is 1. The zero-order chi connectivity index (χ0) is 19.8. The lowest BCUT2D eigenvalue weighted by molar-refractivity contribution is 0.0691. The van der Waals surface area contributed by atoms with Gasteiger partial charge in [0.1, 0.15) is 23.8 Å². The minimum Gasteiger partial charge on any atom is -0.491 e. The van der Waals surface area contributed by atoms with Crippen molar-refractivity contribution < 1.29 is 19.4 Å². The van der Waals surface area contributed by atoms with Crippen molar-refractivity contribution in [2.75, 3.05) is 14.1 Å². The Balaban J connectivity index is 0.000000817. The maximum absolute atomic E-state index is 11.2. The van der Waals surface area contributed by atoms with Crippen LogP contribution in [0.15, 0.2) is 48.5 Å². The predicted octanol–water partition coefficient (Wildman–Crippen LogP) is 4.07. The maximum atomic E-state index is 11.2. The van der Waals surface area contributed by atoms with Crippen LogP contribution < -0.4 is 14.8 Å². The first kappa shape index (κ1) is 20.3. The van der Waals surface area contributed by atoms with E-state index >= 15 is 0 Å². The summed E-state index contributed by atoms with van der Waals surface area (Å²) >= 11 is 0. The molecular weight excluding hydrogens is 344 g/mol. The van der Waals surface area contributed by atoms with Gasteiger partial charge in [-0.2, -0.15) is 0 Å². The van der Waals surface area contributed by atoms with E-state index in [2.05, 4.69) is 10.3 Å². The molecule has 3 rings (SSSR count).